The quantitative estimate of drug-likeness (QED) is 0.857. The largest absolute Gasteiger partial charge is 0.285 e. The second-order valence-electron chi connectivity index (χ2n) is 6.89. The summed E-state index contributed by atoms with van der Waals surface area (Å²) < 4.78 is 0. The Morgan fingerprint density at radius 3 is 2.48 bits per heavy atom. The number of benzene rings is 1. The number of rotatable bonds is 3. The number of fused-ring (bicyclic) bond motifs is 1. The van der Waals surface area contributed by atoms with Crippen LogP contribution in [-0.4, -0.2) is 52.9 Å². The van der Waals surface area contributed by atoms with Crippen LogP contribution in [0.5, 0.6) is 0 Å². The van der Waals surface area contributed by atoms with E-state index in [-0.39, 0.29) is 17.9 Å². The van der Waals surface area contributed by atoms with Crippen LogP contribution in [0.15, 0.2) is 30.3 Å². The second-order valence-corrected chi connectivity index (χ2v) is 6.89. The molecule has 124 valence electrons. The molecule has 2 aliphatic heterocycles. The van der Waals surface area contributed by atoms with Gasteiger partial charge in [-0.1, -0.05) is 44.2 Å². The number of hydrazine groups is 1. The molecule has 2 aliphatic rings. The summed E-state index contributed by atoms with van der Waals surface area (Å²) >= 11 is 0. The van der Waals surface area contributed by atoms with Crippen LogP contribution in [0.4, 0.5) is 0 Å². The van der Waals surface area contributed by atoms with Crippen LogP contribution in [0.25, 0.3) is 0 Å². The van der Waals surface area contributed by atoms with Crippen molar-refractivity contribution in [2.75, 3.05) is 26.2 Å². The lowest BCUT2D eigenvalue weighted by Gasteiger charge is -2.43. The van der Waals surface area contributed by atoms with Crippen LogP contribution in [-0.2, 0) is 9.59 Å². The summed E-state index contributed by atoms with van der Waals surface area (Å²) in [5, 5.41) is 3.41. The summed E-state index contributed by atoms with van der Waals surface area (Å²) in [6.45, 7) is 6.30. The minimum absolute atomic E-state index is 0.0274. The molecule has 1 atom stereocenters. The lowest BCUT2D eigenvalue weighted by molar-refractivity contribution is -0.171. The highest BCUT2D eigenvalue weighted by molar-refractivity contribution is 5.87. The molecule has 2 amide bonds. The Morgan fingerprint density at radius 1 is 1.09 bits per heavy atom. The van der Waals surface area contributed by atoms with E-state index in [2.05, 4.69) is 13.8 Å². The minimum atomic E-state index is -0.0274. The van der Waals surface area contributed by atoms with Crippen LogP contribution >= 0.6 is 0 Å². The van der Waals surface area contributed by atoms with E-state index in [9.17, 15) is 9.59 Å². The van der Waals surface area contributed by atoms with Crippen LogP contribution in [0.1, 0.15) is 38.3 Å². The van der Waals surface area contributed by atoms with Crippen molar-refractivity contribution >= 4 is 11.8 Å². The molecule has 0 bridgehead atoms. The molecule has 0 unspecified atom stereocenters. The molecule has 5 heteroatoms. The number of amides is 2. The van der Waals surface area contributed by atoms with Gasteiger partial charge in [0.1, 0.15) is 0 Å². The number of nitrogens with zero attached hydrogens (tertiary/aromatic N) is 3. The van der Waals surface area contributed by atoms with Crippen LogP contribution in [0.3, 0.4) is 0 Å². The highest BCUT2D eigenvalue weighted by Crippen LogP contribution is 2.32. The van der Waals surface area contributed by atoms with Gasteiger partial charge >= 0.3 is 0 Å². The highest BCUT2D eigenvalue weighted by atomic mass is 16.2. The first kappa shape index (κ1) is 16.0. The first-order chi connectivity index (χ1) is 11.1. The first-order valence-corrected chi connectivity index (χ1v) is 8.46. The molecule has 0 saturated carbocycles. The molecule has 3 rings (SSSR count). The van der Waals surface area contributed by atoms with Crippen molar-refractivity contribution in [2.24, 2.45) is 5.92 Å². The molecule has 0 spiro atoms. The first-order valence-electron chi connectivity index (χ1n) is 8.46. The molecule has 0 radical (unpaired) electrons. The average molecular weight is 315 g/mol. The summed E-state index contributed by atoms with van der Waals surface area (Å²) in [6, 6.07) is 10.0. The van der Waals surface area contributed by atoms with Crippen LogP contribution in [0, 0.1) is 5.92 Å². The fourth-order valence-electron chi connectivity index (χ4n) is 3.61. The van der Waals surface area contributed by atoms with Crippen molar-refractivity contribution in [1.82, 2.24) is 14.9 Å². The summed E-state index contributed by atoms with van der Waals surface area (Å²) in [6.07, 6.45) is 1.84. The van der Waals surface area contributed by atoms with Gasteiger partial charge in [0, 0.05) is 13.1 Å². The van der Waals surface area contributed by atoms with E-state index in [0.29, 0.717) is 25.6 Å². The predicted octanol–water partition coefficient (Wildman–Crippen LogP) is 2.07. The van der Waals surface area contributed by atoms with Gasteiger partial charge < -0.3 is 0 Å². The van der Waals surface area contributed by atoms with Gasteiger partial charge in [-0.05, 0) is 24.3 Å². The van der Waals surface area contributed by atoms with Crippen molar-refractivity contribution in [2.45, 2.75) is 32.7 Å². The van der Waals surface area contributed by atoms with E-state index in [0.717, 1.165) is 24.9 Å². The Balaban J connectivity index is 1.88. The normalized spacial score (nSPS) is 23.2. The molecule has 2 fully saturated rings. The smallest absolute Gasteiger partial charge is 0.255 e. The van der Waals surface area contributed by atoms with Crippen LogP contribution in [0.2, 0.25) is 0 Å². The topological polar surface area (TPSA) is 43.9 Å². The fraction of sp³-hybridized carbons (Fsp3) is 0.556. The molecule has 0 N–H and O–H groups in total. The van der Waals surface area contributed by atoms with Gasteiger partial charge in [0.05, 0.1) is 19.1 Å². The van der Waals surface area contributed by atoms with E-state index in [1.165, 1.54) is 0 Å². The van der Waals surface area contributed by atoms with Crippen molar-refractivity contribution in [1.29, 1.82) is 0 Å². The van der Waals surface area contributed by atoms with Crippen molar-refractivity contribution in [3.63, 3.8) is 0 Å². The highest BCUT2D eigenvalue weighted by Gasteiger charge is 2.39. The van der Waals surface area contributed by atoms with E-state index in [4.69, 9.17) is 0 Å². The molecular weight excluding hydrogens is 290 g/mol. The van der Waals surface area contributed by atoms with Crippen molar-refractivity contribution < 1.29 is 9.59 Å². The van der Waals surface area contributed by atoms with Gasteiger partial charge in [0.25, 0.3) is 11.8 Å². The van der Waals surface area contributed by atoms with E-state index < -0.39 is 0 Å². The molecule has 5 nitrogen and oxygen atoms in total. The Hall–Kier alpha value is -1.88. The van der Waals surface area contributed by atoms with Crippen molar-refractivity contribution in [3.05, 3.63) is 35.9 Å². The maximum atomic E-state index is 12.9. The molecule has 1 aromatic carbocycles. The van der Waals surface area contributed by atoms with Gasteiger partial charge in [0.15, 0.2) is 0 Å². The molecule has 0 aromatic heterocycles. The fourth-order valence-corrected chi connectivity index (χ4v) is 3.61. The number of hydrogen-bond donors (Lipinski definition) is 0. The van der Waals surface area contributed by atoms with Crippen molar-refractivity contribution in [3.8, 4) is 0 Å². The van der Waals surface area contributed by atoms with E-state index in [1.54, 1.807) is 10.0 Å². The van der Waals surface area contributed by atoms with Gasteiger partial charge in [-0.2, -0.15) is 0 Å². The Morgan fingerprint density at radius 2 is 1.78 bits per heavy atom. The lowest BCUT2D eigenvalue weighted by atomic mass is 9.99. The SMILES string of the molecule is CC(C)CN1CC(=O)N2CCC[C@H](c3ccccc3)N2C(=O)C1. The number of carbonyl (C=O) groups excluding carboxylic acids is 2. The maximum Gasteiger partial charge on any atom is 0.255 e. The zero-order valence-corrected chi connectivity index (χ0v) is 13.9. The standard InChI is InChI=1S/C18H25N3O2/c1-14(2)11-19-12-17(22)20-10-6-9-16(21(20)18(23)13-19)15-7-4-3-5-8-15/h3-5,7-8,14,16H,6,9-13H2,1-2H3/t16-/m1/s1. The maximum absolute atomic E-state index is 12.9. The summed E-state index contributed by atoms with van der Waals surface area (Å²) in [5.41, 5.74) is 1.11. The van der Waals surface area contributed by atoms with Gasteiger partial charge in [-0.25, -0.2) is 10.0 Å². The Labute approximate surface area is 137 Å². The van der Waals surface area contributed by atoms with Gasteiger partial charge in [-0.15, -0.1) is 0 Å². The third kappa shape index (κ3) is 3.39. The molecular formula is C18H25N3O2. The third-order valence-corrected chi connectivity index (χ3v) is 4.47. The van der Waals surface area contributed by atoms with Crippen LogP contribution < -0.4 is 0 Å². The molecule has 2 saturated heterocycles. The monoisotopic (exact) mass is 315 g/mol. The number of carbonyl (C=O) groups is 2. The van der Waals surface area contributed by atoms with E-state index in [1.807, 2.05) is 35.2 Å². The number of hydrogen-bond acceptors (Lipinski definition) is 3. The lowest BCUT2D eigenvalue weighted by Crippen LogP contribution is -2.54. The summed E-state index contributed by atoms with van der Waals surface area (Å²) in [7, 11) is 0. The van der Waals surface area contributed by atoms with Gasteiger partial charge in [-0.3, -0.25) is 14.5 Å². The molecule has 2 heterocycles. The predicted molar refractivity (Wildman–Crippen MR) is 88.3 cm³/mol. The average Bonchev–Trinajstić information content (AvgIpc) is 2.65. The summed E-state index contributed by atoms with van der Waals surface area (Å²) in [5.74, 6) is 0.507. The second kappa shape index (κ2) is 6.71. The molecule has 1 aromatic rings. The minimum Gasteiger partial charge on any atom is -0.285 e. The summed E-state index contributed by atoms with van der Waals surface area (Å²) in [4.78, 5) is 27.5. The Kier molecular flexibility index (Phi) is 4.66. The third-order valence-electron chi connectivity index (χ3n) is 4.47. The zero-order valence-electron chi connectivity index (χ0n) is 13.9. The van der Waals surface area contributed by atoms with Gasteiger partial charge in [0.2, 0.25) is 0 Å². The van der Waals surface area contributed by atoms with E-state index >= 15 is 0 Å². The Bertz CT molecular complexity index is 573. The molecule has 0 aliphatic carbocycles. The zero-order chi connectivity index (χ0) is 16.4. The molecule has 23 heavy (non-hydrogen) atoms.